The summed E-state index contributed by atoms with van der Waals surface area (Å²) in [5.41, 5.74) is 0. The van der Waals surface area contributed by atoms with E-state index in [4.69, 9.17) is 4.74 Å². The summed E-state index contributed by atoms with van der Waals surface area (Å²) in [7, 11) is 2.01. The van der Waals surface area contributed by atoms with Crippen LogP contribution in [-0.4, -0.2) is 46.7 Å². The third-order valence-electron chi connectivity index (χ3n) is 3.87. The van der Waals surface area contributed by atoms with Crippen LogP contribution in [0.3, 0.4) is 0 Å². The number of ether oxygens (including phenoxy) is 1. The zero-order valence-corrected chi connectivity index (χ0v) is 12.5. The maximum absolute atomic E-state index is 12.1. The summed E-state index contributed by atoms with van der Waals surface area (Å²) in [6.45, 7) is 4.62. The predicted molar refractivity (Wildman–Crippen MR) is 77.5 cm³/mol. The number of carbonyl (C=O) groups is 1. The second-order valence-electron chi connectivity index (χ2n) is 5.48. The van der Waals surface area contributed by atoms with Crippen molar-refractivity contribution in [1.29, 1.82) is 0 Å². The van der Waals surface area contributed by atoms with Crippen molar-refractivity contribution in [3.05, 3.63) is 18.2 Å². The Bertz CT molecular complexity index is 431. The molecule has 0 bridgehead atoms. The summed E-state index contributed by atoms with van der Waals surface area (Å²) in [5.74, 6) is 1.54. The molecule has 1 amide bonds. The minimum atomic E-state index is 0.111. The zero-order valence-electron chi connectivity index (χ0n) is 12.5. The number of aromatic nitrogens is 2. The molecule has 1 unspecified atom stereocenters. The molecule has 20 heavy (non-hydrogen) atoms. The van der Waals surface area contributed by atoms with E-state index in [0.29, 0.717) is 12.5 Å². The average molecular weight is 279 g/mol. The third-order valence-corrected chi connectivity index (χ3v) is 3.87. The van der Waals surface area contributed by atoms with Crippen molar-refractivity contribution < 1.29 is 9.53 Å². The molecule has 0 saturated carbocycles. The first kappa shape index (κ1) is 15.0. The molecule has 0 spiro atoms. The fourth-order valence-corrected chi connectivity index (χ4v) is 2.68. The summed E-state index contributed by atoms with van der Waals surface area (Å²) >= 11 is 0. The number of likely N-dealkylation sites (tertiary alicyclic amines) is 1. The Kier molecular flexibility index (Phi) is 5.59. The van der Waals surface area contributed by atoms with E-state index >= 15 is 0 Å². The molecule has 1 saturated heterocycles. The van der Waals surface area contributed by atoms with Crippen LogP contribution in [0.1, 0.15) is 44.3 Å². The highest BCUT2D eigenvalue weighted by Crippen LogP contribution is 2.25. The van der Waals surface area contributed by atoms with Crippen molar-refractivity contribution in [2.45, 2.75) is 38.5 Å². The van der Waals surface area contributed by atoms with Gasteiger partial charge in [-0.3, -0.25) is 4.79 Å². The number of imidazole rings is 1. The van der Waals surface area contributed by atoms with Crippen LogP contribution in [-0.2, 0) is 16.6 Å². The van der Waals surface area contributed by atoms with Gasteiger partial charge in [-0.1, -0.05) is 13.3 Å². The Morgan fingerprint density at radius 1 is 1.55 bits per heavy atom. The molecule has 2 heterocycles. The maximum atomic E-state index is 12.1. The first-order chi connectivity index (χ1) is 9.72. The van der Waals surface area contributed by atoms with Gasteiger partial charge in [0.05, 0.1) is 0 Å². The van der Waals surface area contributed by atoms with Gasteiger partial charge in [-0.2, -0.15) is 0 Å². The van der Waals surface area contributed by atoms with E-state index in [1.807, 2.05) is 24.3 Å². The summed E-state index contributed by atoms with van der Waals surface area (Å²) in [5, 5.41) is 0. The van der Waals surface area contributed by atoms with E-state index < -0.39 is 0 Å². The molecule has 1 aliphatic heterocycles. The van der Waals surface area contributed by atoms with E-state index in [9.17, 15) is 4.79 Å². The van der Waals surface area contributed by atoms with Gasteiger partial charge in [-0.15, -0.1) is 0 Å². The highest BCUT2D eigenvalue weighted by Gasteiger charge is 2.26. The monoisotopic (exact) mass is 279 g/mol. The molecule has 1 atom stereocenters. The Hall–Kier alpha value is -1.36. The van der Waals surface area contributed by atoms with Gasteiger partial charge in [0.1, 0.15) is 12.4 Å². The van der Waals surface area contributed by atoms with Gasteiger partial charge in [0.25, 0.3) is 0 Å². The molecule has 1 aliphatic rings. The molecule has 5 heteroatoms. The van der Waals surface area contributed by atoms with Crippen LogP contribution in [0.2, 0.25) is 0 Å². The van der Waals surface area contributed by atoms with Gasteiger partial charge < -0.3 is 14.2 Å². The highest BCUT2D eigenvalue weighted by atomic mass is 16.5. The van der Waals surface area contributed by atoms with Crippen molar-refractivity contribution in [1.82, 2.24) is 14.5 Å². The normalized spacial score (nSPS) is 19.3. The SMILES string of the molecule is CCCCOCC(=O)N1CCCC(c2nccn2C)C1. The van der Waals surface area contributed by atoms with Crippen LogP contribution < -0.4 is 0 Å². The zero-order chi connectivity index (χ0) is 14.4. The maximum Gasteiger partial charge on any atom is 0.248 e. The smallest absolute Gasteiger partial charge is 0.248 e. The molecular formula is C15H25N3O2. The molecule has 1 fully saturated rings. The molecule has 0 aliphatic carbocycles. The molecule has 0 radical (unpaired) electrons. The van der Waals surface area contributed by atoms with Crippen molar-refractivity contribution in [2.75, 3.05) is 26.3 Å². The van der Waals surface area contributed by atoms with Gasteiger partial charge in [0.2, 0.25) is 5.91 Å². The van der Waals surface area contributed by atoms with Gasteiger partial charge >= 0.3 is 0 Å². The van der Waals surface area contributed by atoms with E-state index in [0.717, 1.165) is 44.6 Å². The first-order valence-corrected chi connectivity index (χ1v) is 7.55. The van der Waals surface area contributed by atoms with Gasteiger partial charge in [0, 0.05) is 45.1 Å². The highest BCUT2D eigenvalue weighted by molar-refractivity contribution is 5.77. The molecule has 0 aromatic carbocycles. The second kappa shape index (κ2) is 7.43. The molecule has 0 N–H and O–H groups in total. The minimum absolute atomic E-state index is 0.111. The fourth-order valence-electron chi connectivity index (χ4n) is 2.68. The van der Waals surface area contributed by atoms with Crippen LogP contribution in [0.5, 0.6) is 0 Å². The predicted octanol–water partition coefficient (Wildman–Crippen LogP) is 1.94. The number of unbranched alkanes of at least 4 members (excludes halogenated alkanes) is 1. The Balaban J connectivity index is 1.84. The molecule has 2 rings (SSSR count). The minimum Gasteiger partial charge on any atom is -0.372 e. The molecular weight excluding hydrogens is 254 g/mol. The molecule has 1 aromatic heterocycles. The van der Waals surface area contributed by atoms with Crippen molar-refractivity contribution in [2.24, 2.45) is 7.05 Å². The van der Waals surface area contributed by atoms with Crippen LogP contribution in [0, 0.1) is 0 Å². The van der Waals surface area contributed by atoms with Crippen molar-refractivity contribution >= 4 is 5.91 Å². The summed E-state index contributed by atoms with van der Waals surface area (Å²) in [6, 6.07) is 0. The number of nitrogens with zero attached hydrogens (tertiary/aromatic N) is 3. The lowest BCUT2D eigenvalue weighted by Crippen LogP contribution is -2.41. The van der Waals surface area contributed by atoms with E-state index in [-0.39, 0.29) is 12.5 Å². The van der Waals surface area contributed by atoms with Crippen LogP contribution in [0.25, 0.3) is 0 Å². The number of aryl methyl sites for hydroxylation is 1. The van der Waals surface area contributed by atoms with Crippen LogP contribution >= 0.6 is 0 Å². The number of rotatable bonds is 6. The average Bonchev–Trinajstić information content (AvgIpc) is 2.90. The lowest BCUT2D eigenvalue weighted by Gasteiger charge is -2.32. The largest absolute Gasteiger partial charge is 0.372 e. The topological polar surface area (TPSA) is 47.4 Å². The van der Waals surface area contributed by atoms with Gasteiger partial charge in [-0.05, 0) is 19.3 Å². The lowest BCUT2D eigenvalue weighted by atomic mass is 9.97. The Morgan fingerprint density at radius 3 is 3.10 bits per heavy atom. The standard InChI is InChI=1S/C15H25N3O2/c1-3-4-10-20-12-14(19)18-8-5-6-13(11-18)15-16-7-9-17(15)2/h7,9,13H,3-6,8,10-12H2,1-2H3. The number of hydrogen-bond donors (Lipinski definition) is 0. The summed E-state index contributed by atoms with van der Waals surface area (Å²) < 4.78 is 7.48. The summed E-state index contributed by atoms with van der Waals surface area (Å²) in [6.07, 6.45) is 8.04. The Morgan fingerprint density at radius 2 is 2.40 bits per heavy atom. The summed E-state index contributed by atoms with van der Waals surface area (Å²) in [4.78, 5) is 18.5. The number of piperidine rings is 1. The molecule has 5 nitrogen and oxygen atoms in total. The number of carbonyl (C=O) groups excluding carboxylic acids is 1. The van der Waals surface area contributed by atoms with E-state index in [2.05, 4.69) is 16.5 Å². The quantitative estimate of drug-likeness (QED) is 0.748. The van der Waals surface area contributed by atoms with Gasteiger partial charge in [-0.25, -0.2) is 4.98 Å². The van der Waals surface area contributed by atoms with Crippen molar-refractivity contribution in [3.63, 3.8) is 0 Å². The van der Waals surface area contributed by atoms with E-state index in [1.54, 1.807) is 0 Å². The fraction of sp³-hybridized carbons (Fsp3) is 0.733. The number of hydrogen-bond acceptors (Lipinski definition) is 3. The molecule has 112 valence electrons. The van der Waals surface area contributed by atoms with Gasteiger partial charge in [0.15, 0.2) is 0 Å². The Labute approximate surface area is 120 Å². The van der Waals surface area contributed by atoms with Crippen LogP contribution in [0.4, 0.5) is 0 Å². The van der Waals surface area contributed by atoms with Crippen LogP contribution in [0.15, 0.2) is 12.4 Å². The number of amides is 1. The first-order valence-electron chi connectivity index (χ1n) is 7.55. The lowest BCUT2D eigenvalue weighted by molar-refractivity contribution is -0.137. The molecule has 1 aromatic rings. The second-order valence-corrected chi connectivity index (χ2v) is 5.48. The third kappa shape index (κ3) is 3.82. The van der Waals surface area contributed by atoms with E-state index in [1.165, 1.54) is 0 Å². The van der Waals surface area contributed by atoms with Crippen molar-refractivity contribution in [3.8, 4) is 0 Å².